The molecule has 1 unspecified atom stereocenters. The Bertz CT molecular complexity index is 1040. The Labute approximate surface area is 365 Å². The van der Waals surface area contributed by atoms with E-state index >= 15 is 0 Å². The van der Waals surface area contributed by atoms with E-state index in [2.05, 4.69) is 69.4 Å². The normalized spacial score (nSPS) is 12.4. The highest BCUT2D eigenvalue weighted by Crippen LogP contribution is 2.15. The van der Waals surface area contributed by atoms with Gasteiger partial charge in [0.2, 0.25) is 0 Å². The summed E-state index contributed by atoms with van der Waals surface area (Å²) in [5.41, 5.74) is 0. The fourth-order valence-corrected chi connectivity index (χ4v) is 7.08. The van der Waals surface area contributed by atoms with Crippen LogP contribution in [-0.4, -0.2) is 37.2 Å². The third-order valence-corrected chi connectivity index (χ3v) is 10.8. The van der Waals surface area contributed by atoms with Gasteiger partial charge in [-0.2, -0.15) is 0 Å². The number of unbranched alkanes of at least 4 members (excludes halogenated alkanes) is 26. The van der Waals surface area contributed by atoms with E-state index in [4.69, 9.17) is 14.2 Å². The molecule has 0 rings (SSSR count). The molecule has 0 aromatic heterocycles. The van der Waals surface area contributed by atoms with Crippen molar-refractivity contribution in [2.45, 2.75) is 258 Å². The van der Waals surface area contributed by atoms with Crippen molar-refractivity contribution in [1.29, 1.82) is 0 Å². The number of carbonyl (C=O) groups is 3. The molecule has 0 N–H and O–H groups in total. The number of hydrogen-bond acceptors (Lipinski definition) is 6. The van der Waals surface area contributed by atoms with Gasteiger partial charge in [0, 0.05) is 19.3 Å². The standard InChI is InChI=1S/C53H94O6/c1-4-7-10-13-16-19-22-24-26-28-29-31-34-37-40-43-46-52(55)58-49-50(48-57-51(54)45-42-39-36-33-21-18-15-12-9-6-3)59-53(56)47-44-41-38-35-32-30-27-25-23-20-17-14-11-8-5-2/h7,10,16,19,24,26,29,31,50H,4-6,8-9,11-15,17-18,20-23,25,27-28,30,32-49H2,1-3H3/b10-7-,19-16-,26-24-,31-29-. The minimum atomic E-state index is -0.780. The van der Waals surface area contributed by atoms with E-state index in [1.807, 2.05) is 0 Å². The molecular weight excluding hydrogens is 733 g/mol. The molecule has 1 atom stereocenters. The minimum Gasteiger partial charge on any atom is -0.462 e. The summed E-state index contributed by atoms with van der Waals surface area (Å²) in [5.74, 6) is -0.906. The maximum Gasteiger partial charge on any atom is 0.306 e. The summed E-state index contributed by atoms with van der Waals surface area (Å²) in [6.45, 7) is 6.50. The van der Waals surface area contributed by atoms with Crippen molar-refractivity contribution in [3.05, 3.63) is 48.6 Å². The molecule has 0 saturated carbocycles. The van der Waals surface area contributed by atoms with Crippen LogP contribution in [-0.2, 0) is 28.6 Å². The van der Waals surface area contributed by atoms with Crippen LogP contribution >= 0.6 is 0 Å². The second kappa shape index (κ2) is 48.0. The fraction of sp³-hybridized carbons (Fsp3) is 0.792. The van der Waals surface area contributed by atoms with Gasteiger partial charge in [-0.25, -0.2) is 0 Å². The first-order chi connectivity index (χ1) is 29.0. The zero-order chi connectivity index (χ0) is 43.0. The number of allylic oxidation sites excluding steroid dienone is 8. The van der Waals surface area contributed by atoms with Crippen molar-refractivity contribution in [3.63, 3.8) is 0 Å². The summed E-state index contributed by atoms with van der Waals surface area (Å²) in [6.07, 6.45) is 56.6. The lowest BCUT2D eigenvalue weighted by Gasteiger charge is -2.18. The second-order valence-electron chi connectivity index (χ2n) is 16.7. The van der Waals surface area contributed by atoms with Gasteiger partial charge in [-0.3, -0.25) is 14.4 Å². The third-order valence-electron chi connectivity index (χ3n) is 10.8. The number of esters is 3. The van der Waals surface area contributed by atoms with E-state index in [9.17, 15) is 14.4 Å². The molecule has 6 heteroatoms. The van der Waals surface area contributed by atoms with Crippen molar-refractivity contribution in [2.24, 2.45) is 0 Å². The Kier molecular flexibility index (Phi) is 45.9. The maximum atomic E-state index is 12.8. The third kappa shape index (κ3) is 46.3. The van der Waals surface area contributed by atoms with Gasteiger partial charge in [0.15, 0.2) is 6.10 Å². The molecule has 0 saturated heterocycles. The quantitative estimate of drug-likeness (QED) is 0.0263. The van der Waals surface area contributed by atoms with E-state index in [0.717, 1.165) is 89.9 Å². The van der Waals surface area contributed by atoms with Crippen LogP contribution in [0.1, 0.15) is 252 Å². The van der Waals surface area contributed by atoms with Crippen molar-refractivity contribution < 1.29 is 28.6 Å². The zero-order valence-corrected chi connectivity index (χ0v) is 39.0. The molecule has 0 aliphatic heterocycles. The van der Waals surface area contributed by atoms with Crippen LogP contribution in [0.5, 0.6) is 0 Å². The van der Waals surface area contributed by atoms with Crippen molar-refractivity contribution in [1.82, 2.24) is 0 Å². The fourth-order valence-electron chi connectivity index (χ4n) is 7.08. The number of ether oxygens (including phenoxy) is 3. The van der Waals surface area contributed by atoms with Gasteiger partial charge >= 0.3 is 17.9 Å². The van der Waals surface area contributed by atoms with Gasteiger partial charge in [0.25, 0.3) is 0 Å². The van der Waals surface area contributed by atoms with Crippen molar-refractivity contribution >= 4 is 17.9 Å². The Balaban J connectivity index is 4.39. The highest BCUT2D eigenvalue weighted by molar-refractivity contribution is 5.71. The average molecular weight is 827 g/mol. The molecular formula is C53H94O6. The van der Waals surface area contributed by atoms with E-state index in [1.165, 1.54) is 122 Å². The van der Waals surface area contributed by atoms with Gasteiger partial charge in [0.1, 0.15) is 13.2 Å². The molecule has 59 heavy (non-hydrogen) atoms. The molecule has 0 heterocycles. The largest absolute Gasteiger partial charge is 0.462 e. The lowest BCUT2D eigenvalue weighted by molar-refractivity contribution is -0.167. The molecule has 0 aliphatic rings. The van der Waals surface area contributed by atoms with E-state index in [0.29, 0.717) is 19.3 Å². The number of carbonyl (C=O) groups excluding carboxylic acids is 3. The van der Waals surface area contributed by atoms with Gasteiger partial charge < -0.3 is 14.2 Å². The highest BCUT2D eigenvalue weighted by Gasteiger charge is 2.19. The number of rotatable bonds is 45. The minimum absolute atomic E-state index is 0.0800. The predicted octanol–water partition coefficient (Wildman–Crippen LogP) is 16.3. The molecule has 0 spiro atoms. The predicted molar refractivity (Wildman–Crippen MR) is 252 cm³/mol. The molecule has 0 bridgehead atoms. The first-order valence-corrected chi connectivity index (χ1v) is 25.1. The van der Waals surface area contributed by atoms with E-state index in [1.54, 1.807) is 0 Å². The lowest BCUT2D eigenvalue weighted by Crippen LogP contribution is -2.30. The molecule has 6 nitrogen and oxygen atoms in total. The molecule has 0 aliphatic carbocycles. The van der Waals surface area contributed by atoms with Crippen LogP contribution in [0, 0.1) is 0 Å². The number of hydrogen-bond donors (Lipinski definition) is 0. The van der Waals surface area contributed by atoms with Gasteiger partial charge in [-0.05, 0) is 57.8 Å². The molecule has 0 aromatic carbocycles. The van der Waals surface area contributed by atoms with Crippen LogP contribution in [0.25, 0.3) is 0 Å². The Morgan fingerprint density at radius 1 is 0.356 bits per heavy atom. The Morgan fingerprint density at radius 3 is 1.03 bits per heavy atom. The van der Waals surface area contributed by atoms with E-state index < -0.39 is 6.10 Å². The summed E-state index contributed by atoms with van der Waals surface area (Å²) in [6, 6.07) is 0. The molecule has 342 valence electrons. The molecule has 0 aromatic rings. The summed E-state index contributed by atoms with van der Waals surface area (Å²) >= 11 is 0. The SMILES string of the molecule is CC/C=C\C/C=C\C/C=C\C/C=C\CCCCCC(=O)OCC(COC(=O)CCCCCCCCCCCC)OC(=O)CCCCCCCCCCCCCCCCC. The van der Waals surface area contributed by atoms with Crippen LogP contribution in [0.2, 0.25) is 0 Å². The maximum absolute atomic E-state index is 12.8. The average Bonchev–Trinajstić information content (AvgIpc) is 3.23. The molecule has 0 amide bonds. The lowest BCUT2D eigenvalue weighted by atomic mass is 10.0. The van der Waals surface area contributed by atoms with Crippen LogP contribution in [0.15, 0.2) is 48.6 Å². The smallest absolute Gasteiger partial charge is 0.306 e. The summed E-state index contributed by atoms with van der Waals surface area (Å²) in [4.78, 5) is 37.9. The van der Waals surface area contributed by atoms with Gasteiger partial charge in [-0.15, -0.1) is 0 Å². The Hall–Kier alpha value is -2.63. The first-order valence-electron chi connectivity index (χ1n) is 25.1. The highest BCUT2D eigenvalue weighted by atomic mass is 16.6. The van der Waals surface area contributed by atoms with E-state index in [-0.39, 0.29) is 31.1 Å². The van der Waals surface area contributed by atoms with Crippen LogP contribution in [0.3, 0.4) is 0 Å². The topological polar surface area (TPSA) is 78.9 Å². The summed E-state index contributed by atoms with van der Waals surface area (Å²) < 4.78 is 16.7. The van der Waals surface area contributed by atoms with Gasteiger partial charge in [0.05, 0.1) is 0 Å². The Morgan fingerprint density at radius 2 is 0.661 bits per heavy atom. The van der Waals surface area contributed by atoms with Crippen molar-refractivity contribution in [2.75, 3.05) is 13.2 Å². The van der Waals surface area contributed by atoms with Crippen LogP contribution < -0.4 is 0 Å². The molecule has 0 fully saturated rings. The van der Waals surface area contributed by atoms with Crippen molar-refractivity contribution in [3.8, 4) is 0 Å². The van der Waals surface area contributed by atoms with Crippen LogP contribution in [0.4, 0.5) is 0 Å². The first kappa shape index (κ1) is 56.4. The zero-order valence-electron chi connectivity index (χ0n) is 39.0. The molecule has 0 radical (unpaired) electrons. The summed E-state index contributed by atoms with van der Waals surface area (Å²) in [7, 11) is 0. The second-order valence-corrected chi connectivity index (χ2v) is 16.7. The van der Waals surface area contributed by atoms with Gasteiger partial charge in [-0.1, -0.05) is 223 Å². The monoisotopic (exact) mass is 827 g/mol. The summed E-state index contributed by atoms with van der Waals surface area (Å²) in [5, 5.41) is 0.